The Morgan fingerprint density at radius 1 is 1.04 bits per heavy atom. The summed E-state index contributed by atoms with van der Waals surface area (Å²) in [5, 5.41) is 0. The molecule has 134 valence electrons. The van der Waals surface area contributed by atoms with Gasteiger partial charge in [0.2, 0.25) is 0 Å². The molecule has 2 N–H and O–H groups in total. The van der Waals surface area contributed by atoms with Crippen molar-refractivity contribution in [2.24, 2.45) is 5.92 Å². The third-order valence-corrected chi connectivity index (χ3v) is 4.00. The molecule has 0 heterocycles. The summed E-state index contributed by atoms with van der Waals surface area (Å²) in [6.07, 6.45) is 6.13. The zero-order valence-corrected chi connectivity index (χ0v) is 15.1. The second-order valence-corrected chi connectivity index (χ2v) is 6.34. The van der Waals surface area contributed by atoms with Crippen LogP contribution in [0.5, 0.6) is 5.75 Å². The number of ether oxygens (including phenoxy) is 2. The topological polar surface area (TPSA) is 93.7 Å². The molecule has 0 saturated heterocycles. The van der Waals surface area contributed by atoms with Crippen molar-refractivity contribution in [2.45, 2.75) is 19.3 Å². The van der Waals surface area contributed by atoms with E-state index in [1.54, 1.807) is 24.3 Å². The van der Waals surface area contributed by atoms with Gasteiger partial charge in [-0.1, -0.05) is 28.1 Å². The van der Waals surface area contributed by atoms with Crippen molar-refractivity contribution in [3.63, 3.8) is 0 Å². The molecule has 0 fully saturated rings. The van der Waals surface area contributed by atoms with Gasteiger partial charge in [0.1, 0.15) is 5.75 Å². The van der Waals surface area contributed by atoms with Gasteiger partial charge in [-0.2, -0.15) is 0 Å². The average molecular weight is 411 g/mol. The van der Waals surface area contributed by atoms with Crippen LogP contribution in [0, 0.1) is 5.92 Å². The number of amides is 2. The molecule has 8 heteroatoms. The Hall–Kier alpha value is -2.35. The number of hydrogen-bond acceptors (Lipinski definition) is 5. The Labute approximate surface area is 153 Å². The molecule has 7 nitrogen and oxygen atoms in total. The second-order valence-electron chi connectivity index (χ2n) is 5.43. The van der Waals surface area contributed by atoms with E-state index in [4.69, 9.17) is 9.47 Å². The van der Waals surface area contributed by atoms with E-state index in [2.05, 4.69) is 26.8 Å². The highest BCUT2D eigenvalue weighted by molar-refractivity contribution is 9.10. The first kappa shape index (κ1) is 19.0. The van der Waals surface area contributed by atoms with Crippen LogP contribution < -0.4 is 15.6 Å². The Balaban J connectivity index is 1.60. The number of benzene rings is 1. The molecule has 1 aliphatic rings. The third kappa shape index (κ3) is 6.96. The smallest absolute Gasteiger partial charge is 0.309 e. The lowest BCUT2D eigenvalue weighted by Gasteiger charge is -2.16. The molecule has 1 aromatic rings. The van der Waals surface area contributed by atoms with E-state index < -0.39 is 24.4 Å². The van der Waals surface area contributed by atoms with Crippen molar-refractivity contribution in [3.8, 4) is 5.75 Å². The summed E-state index contributed by atoms with van der Waals surface area (Å²) in [5.41, 5.74) is 4.36. The lowest BCUT2D eigenvalue weighted by atomic mass is 9.95. The van der Waals surface area contributed by atoms with Gasteiger partial charge in [-0.15, -0.1) is 0 Å². The minimum absolute atomic E-state index is 0.202. The zero-order valence-electron chi connectivity index (χ0n) is 13.5. The monoisotopic (exact) mass is 410 g/mol. The third-order valence-electron chi connectivity index (χ3n) is 3.47. The normalized spacial score (nSPS) is 16.0. The summed E-state index contributed by atoms with van der Waals surface area (Å²) >= 11 is 3.29. The van der Waals surface area contributed by atoms with Crippen LogP contribution >= 0.6 is 15.9 Å². The molecule has 0 aliphatic heterocycles. The molecule has 1 atom stereocenters. The van der Waals surface area contributed by atoms with Gasteiger partial charge in [-0.05, 0) is 43.5 Å². The number of carbonyl (C=O) groups excluding carboxylic acids is 3. The fourth-order valence-corrected chi connectivity index (χ4v) is 2.42. The second kappa shape index (κ2) is 9.83. The van der Waals surface area contributed by atoms with E-state index in [0.29, 0.717) is 12.2 Å². The van der Waals surface area contributed by atoms with Crippen molar-refractivity contribution < 1.29 is 23.9 Å². The van der Waals surface area contributed by atoms with Crippen molar-refractivity contribution in [1.29, 1.82) is 0 Å². The quantitative estimate of drug-likeness (QED) is 0.424. The minimum Gasteiger partial charge on any atom is -0.484 e. The molecule has 0 bridgehead atoms. The fraction of sp³-hybridized carbons (Fsp3) is 0.353. The van der Waals surface area contributed by atoms with Crippen LogP contribution in [-0.2, 0) is 19.1 Å². The zero-order chi connectivity index (χ0) is 18.1. The minimum atomic E-state index is -0.614. The van der Waals surface area contributed by atoms with E-state index >= 15 is 0 Å². The molecular formula is C17H19BrN2O5. The van der Waals surface area contributed by atoms with Crippen LogP contribution in [0.2, 0.25) is 0 Å². The highest BCUT2D eigenvalue weighted by Crippen LogP contribution is 2.19. The van der Waals surface area contributed by atoms with Gasteiger partial charge in [0.25, 0.3) is 11.8 Å². The lowest BCUT2D eigenvalue weighted by molar-refractivity contribution is -0.153. The van der Waals surface area contributed by atoms with Crippen molar-refractivity contribution >= 4 is 33.7 Å². The summed E-state index contributed by atoms with van der Waals surface area (Å²) in [5.74, 6) is -1.21. The summed E-state index contributed by atoms with van der Waals surface area (Å²) in [7, 11) is 0. The first-order valence-electron chi connectivity index (χ1n) is 7.82. The standard InChI is InChI=1S/C17H19BrN2O5/c18-13-6-8-14(9-7-13)24-10-15(21)19-20-16(22)11-25-17(23)12-4-2-1-3-5-12/h1-2,6-9,12H,3-5,10-11H2,(H,19,21)(H,20,22)/t12-/m0/s1. The average Bonchev–Trinajstić information content (AvgIpc) is 2.64. The summed E-state index contributed by atoms with van der Waals surface area (Å²) in [4.78, 5) is 35.0. The molecule has 0 spiro atoms. The van der Waals surface area contributed by atoms with E-state index in [-0.39, 0.29) is 12.5 Å². The van der Waals surface area contributed by atoms with Crippen molar-refractivity contribution in [1.82, 2.24) is 10.9 Å². The number of carbonyl (C=O) groups is 3. The van der Waals surface area contributed by atoms with Gasteiger partial charge < -0.3 is 9.47 Å². The van der Waals surface area contributed by atoms with E-state index in [1.807, 2.05) is 12.2 Å². The number of rotatable bonds is 6. The highest BCUT2D eigenvalue weighted by atomic mass is 79.9. The number of esters is 1. The Bertz CT molecular complexity index is 645. The molecule has 1 aliphatic carbocycles. The van der Waals surface area contributed by atoms with Crippen LogP contribution in [0.15, 0.2) is 40.9 Å². The summed E-state index contributed by atoms with van der Waals surface area (Å²) in [6.45, 7) is -0.691. The molecule has 0 aromatic heterocycles. The number of halogens is 1. The maximum Gasteiger partial charge on any atom is 0.309 e. The molecule has 1 aromatic carbocycles. The molecule has 2 amide bonds. The van der Waals surface area contributed by atoms with Crippen LogP contribution in [0.4, 0.5) is 0 Å². The first-order chi connectivity index (χ1) is 12.0. The van der Waals surface area contributed by atoms with Crippen LogP contribution in [0.3, 0.4) is 0 Å². The van der Waals surface area contributed by atoms with Gasteiger partial charge >= 0.3 is 5.97 Å². The van der Waals surface area contributed by atoms with Gasteiger partial charge in [0.15, 0.2) is 13.2 Å². The maximum atomic E-state index is 11.8. The van der Waals surface area contributed by atoms with Crippen LogP contribution in [0.25, 0.3) is 0 Å². The summed E-state index contributed by atoms with van der Waals surface area (Å²) in [6, 6.07) is 6.97. The predicted molar refractivity (Wildman–Crippen MR) is 93.4 cm³/mol. The molecular weight excluding hydrogens is 392 g/mol. The Kier molecular flexibility index (Phi) is 7.46. The fourth-order valence-electron chi connectivity index (χ4n) is 2.15. The van der Waals surface area contributed by atoms with Gasteiger partial charge in [0, 0.05) is 4.47 Å². The number of hydrogen-bond donors (Lipinski definition) is 2. The highest BCUT2D eigenvalue weighted by Gasteiger charge is 2.21. The predicted octanol–water partition coefficient (Wildman–Crippen LogP) is 1.87. The Morgan fingerprint density at radius 3 is 2.36 bits per heavy atom. The lowest BCUT2D eigenvalue weighted by Crippen LogP contribution is -2.45. The molecule has 25 heavy (non-hydrogen) atoms. The largest absolute Gasteiger partial charge is 0.484 e. The van der Waals surface area contributed by atoms with Crippen LogP contribution in [-0.4, -0.2) is 31.0 Å². The van der Waals surface area contributed by atoms with Gasteiger partial charge in [-0.25, -0.2) is 0 Å². The summed E-state index contributed by atoms with van der Waals surface area (Å²) < 4.78 is 11.1. The van der Waals surface area contributed by atoms with Crippen LogP contribution in [0.1, 0.15) is 19.3 Å². The maximum absolute atomic E-state index is 11.8. The number of hydrazine groups is 1. The van der Waals surface area contributed by atoms with Crippen molar-refractivity contribution in [2.75, 3.05) is 13.2 Å². The van der Waals surface area contributed by atoms with Gasteiger partial charge in [-0.3, -0.25) is 25.2 Å². The SMILES string of the molecule is O=C(COC(=O)[C@H]1CC=CCC1)NNC(=O)COc1ccc(Br)cc1. The molecule has 0 saturated carbocycles. The number of allylic oxidation sites excluding steroid dienone is 2. The molecule has 0 radical (unpaired) electrons. The van der Waals surface area contributed by atoms with Gasteiger partial charge in [0.05, 0.1) is 5.92 Å². The first-order valence-corrected chi connectivity index (χ1v) is 8.61. The Morgan fingerprint density at radius 2 is 1.72 bits per heavy atom. The number of nitrogens with one attached hydrogen (secondary N) is 2. The molecule has 2 rings (SSSR count). The van der Waals surface area contributed by atoms with Crippen molar-refractivity contribution in [3.05, 3.63) is 40.9 Å². The van der Waals surface area contributed by atoms with E-state index in [9.17, 15) is 14.4 Å². The van der Waals surface area contributed by atoms with E-state index in [0.717, 1.165) is 17.3 Å². The van der Waals surface area contributed by atoms with E-state index in [1.165, 1.54) is 0 Å². The molecule has 0 unspecified atom stereocenters.